The predicted octanol–water partition coefficient (Wildman–Crippen LogP) is 3.36. The van der Waals surface area contributed by atoms with E-state index in [-0.39, 0.29) is 10.8 Å². The number of hydrogen-bond donors (Lipinski definition) is 1. The summed E-state index contributed by atoms with van der Waals surface area (Å²) in [5.74, 6) is 0.0605. The van der Waals surface area contributed by atoms with Gasteiger partial charge in [-0.2, -0.15) is 0 Å². The fraction of sp³-hybridized carbons (Fsp3) is 0.235. The Hall–Kier alpha value is -2.05. The lowest BCUT2D eigenvalue weighted by Crippen LogP contribution is -2.31. The molecule has 1 N–H and O–H groups in total. The standard InChI is InChI=1S/C17H17ClN2O3S/c1-11-14(18)4-3-5-16(11)24(22,23)19-13-7-8-15-12(10-13)6-9-17(21)20(15)2/h3-5,7-8,10,19H,6,9H2,1-2H3. The number of nitrogens with zero attached hydrogens (tertiary/aromatic N) is 1. The van der Waals surface area contributed by atoms with Gasteiger partial charge in [-0.1, -0.05) is 17.7 Å². The molecule has 0 saturated heterocycles. The van der Waals surface area contributed by atoms with Gasteiger partial charge in [-0.05, 0) is 54.8 Å². The number of nitrogens with one attached hydrogen (secondary N) is 1. The highest BCUT2D eigenvalue weighted by Gasteiger charge is 2.23. The molecule has 7 heteroatoms. The van der Waals surface area contributed by atoms with E-state index in [9.17, 15) is 13.2 Å². The summed E-state index contributed by atoms with van der Waals surface area (Å²) in [6.45, 7) is 1.67. The normalized spacial score (nSPS) is 14.5. The number of carbonyl (C=O) groups excluding carboxylic acids is 1. The SMILES string of the molecule is Cc1c(Cl)cccc1S(=O)(=O)Nc1ccc2c(c1)CCC(=O)N2C. The minimum atomic E-state index is -3.73. The Labute approximate surface area is 146 Å². The van der Waals surface area contributed by atoms with Crippen molar-refractivity contribution in [2.45, 2.75) is 24.7 Å². The third-order valence-electron chi connectivity index (χ3n) is 4.18. The molecule has 0 aromatic heterocycles. The summed E-state index contributed by atoms with van der Waals surface area (Å²) in [5, 5.41) is 0.406. The molecule has 5 nitrogen and oxygen atoms in total. The first-order valence-electron chi connectivity index (χ1n) is 7.47. The van der Waals surface area contributed by atoms with Crippen molar-refractivity contribution in [3.05, 3.63) is 52.5 Å². The molecule has 0 atom stereocenters. The minimum absolute atomic E-state index is 0.0605. The zero-order chi connectivity index (χ0) is 17.5. The molecule has 0 spiro atoms. The molecule has 1 aliphatic heterocycles. The Balaban J connectivity index is 1.94. The number of anilines is 2. The van der Waals surface area contributed by atoms with Gasteiger partial charge in [-0.15, -0.1) is 0 Å². The fourth-order valence-electron chi connectivity index (χ4n) is 2.81. The van der Waals surface area contributed by atoms with E-state index in [4.69, 9.17) is 11.6 Å². The lowest BCUT2D eigenvalue weighted by atomic mass is 10.0. The lowest BCUT2D eigenvalue weighted by molar-refractivity contribution is -0.118. The van der Waals surface area contributed by atoms with Crippen molar-refractivity contribution in [2.75, 3.05) is 16.7 Å². The molecule has 24 heavy (non-hydrogen) atoms. The Bertz CT molecular complexity index is 925. The van der Waals surface area contributed by atoms with Crippen molar-refractivity contribution in [2.24, 2.45) is 0 Å². The monoisotopic (exact) mass is 364 g/mol. The van der Waals surface area contributed by atoms with E-state index in [1.54, 1.807) is 49.2 Å². The number of rotatable bonds is 3. The first-order chi connectivity index (χ1) is 11.3. The van der Waals surface area contributed by atoms with Gasteiger partial charge in [0, 0.05) is 29.9 Å². The average Bonchev–Trinajstić information content (AvgIpc) is 2.53. The van der Waals surface area contributed by atoms with Crippen molar-refractivity contribution < 1.29 is 13.2 Å². The van der Waals surface area contributed by atoms with Gasteiger partial charge in [0.05, 0.1) is 4.90 Å². The van der Waals surface area contributed by atoms with Crippen molar-refractivity contribution >= 4 is 38.9 Å². The van der Waals surface area contributed by atoms with Crippen LogP contribution in [0.3, 0.4) is 0 Å². The van der Waals surface area contributed by atoms with E-state index < -0.39 is 10.0 Å². The van der Waals surface area contributed by atoms with Crippen LogP contribution in [0.1, 0.15) is 17.5 Å². The number of amides is 1. The number of aryl methyl sites for hydroxylation is 1. The van der Waals surface area contributed by atoms with E-state index in [0.717, 1.165) is 11.3 Å². The van der Waals surface area contributed by atoms with Crippen LogP contribution in [-0.4, -0.2) is 21.4 Å². The third kappa shape index (κ3) is 2.99. The molecule has 0 bridgehead atoms. The molecule has 2 aromatic rings. The number of carbonyl (C=O) groups is 1. The summed E-state index contributed by atoms with van der Waals surface area (Å²) >= 11 is 6.02. The zero-order valence-corrected chi connectivity index (χ0v) is 14.9. The zero-order valence-electron chi connectivity index (χ0n) is 13.3. The molecule has 1 amide bonds. The quantitative estimate of drug-likeness (QED) is 0.908. The van der Waals surface area contributed by atoms with Gasteiger partial charge in [-0.3, -0.25) is 9.52 Å². The molecule has 0 saturated carbocycles. The van der Waals surface area contributed by atoms with Crippen LogP contribution in [0, 0.1) is 6.92 Å². The average molecular weight is 365 g/mol. The van der Waals surface area contributed by atoms with Gasteiger partial charge in [-0.25, -0.2) is 8.42 Å². The Kier molecular flexibility index (Phi) is 4.27. The van der Waals surface area contributed by atoms with Gasteiger partial charge in [0.1, 0.15) is 0 Å². The smallest absolute Gasteiger partial charge is 0.262 e. The maximum atomic E-state index is 12.6. The second-order valence-electron chi connectivity index (χ2n) is 5.76. The van der Waals surface area contributed by atoms with Crippen LogP contribution in [0.4, 0.5) is 11.4 Å². The fourth-order valence-corrected chi connectivity index (χ4v) is 4.36. The van der Waals surface area contributed by atoms with Gasteiger partial charge < -0.3 is 4.90 Å². The van der Waals surface area contributed by atoms with Gasteiger partial charge >= 0.3 is 0 Å². The Morgan fingerprint density at radius 2 is 1.92 bits per heavy atom. The van der Waals surface area contributed by atoms with Crippen molar-refractivity contribution in [1.29, 1.82) is 0 Å². The second kappa shape index (κ2) is 6.11. The van der Waals surface area contributed by atoms with E-state index in [1.807, 2.05) is 0 Å². The Morgan fingerprint density at radius 3 is 2.67 bits per heavy atom. The number of halogens is 1. The van der Waals surface area contributed by atoms with Crippen LogP contribution in [0.15, 0.2) is 41.3 Å². The first kappa shape index (κ1) is 16.8. The molecule has 0 unspecified atom stereocenters. The minimum Gasteiger partial charge on any atom is -0.315 e. The predicted molar refractivity (Wildman–Crippen MR) is 95.2 cm³/mol. The molecule has 1 aliphatic rings. The van der Waals surface area contributed by atoms with Crippen LogP contribution in [0.5, 0.6) is 0 Å². The molecular formula is C17H17ClN2O3S. The highest BCUT2D eigenvalue weighted by Crippen LogP contribution is 2.31. The van der Waals surface area contributed by atoms with Crippen LogP contribution < -0.4 is 9.62 Å². The Morgan fingerprint density at radius 1 is 1.17 bits per heavy atom. The van der Waals surface area contributed by atoms with Crippen molar-refractivity contribution in [3.8, 4) is 0 Å². The second-order valence-corrected chi connectivity index (χ2v) is 7.82. The first-order valence-corrected chi connectivity index (χ1v) is 9.33. The van der Waals surface area contributed by atoms with E-state index in [2.05, 4.69) is 4.72 Å². The molecule has 3 rings (SSSR count). The maximum absolute atomic E-state index is 12.6. The largest absolute Gasteiger partial charge is 0.315 e. The summed E-state index contributed by atoms with van der Waals surface area (Å²) < 4.78 is 27.8. The van der Waals surface area contributed by atoms with E-state index in [0.29, 0.717) is 29.1 Å². The number of fused-ring (bicyclic) bond motifs is 1. The van der Waals surface area contributed by atoms with E-state index >= 15 is 0 Å². The van der Waals surface area contributed by atoms with Gasteiger partial charge in [0.25, 0.3) is 10.0 Å². The van der Waals surface area contributed by atoms with E-state index in [1.165, 1.54) is 6.07 Å². The van der Waals surface area contributed by atoms with Crippen LogP contribution in [0.25, 0.3) is 0 Å². The van der Waals surface area contributed by atoms with Crippen molar-refractivity contribution in [1.82, 2.24) is 0 Å². The van der Waals surface area contributed by atoms with Crippen molar-refractivity contribution in [3.63, 3.8) is 0 Å². The molecular weight excluding hydrogens is 348 g/mol. The number of sulfonamides is 1. The summed E-state index contributed by atoms with van der Waals surface area (Å²) in [6, 6.07) is 9.98. The summed E-state index contributed by atoms with van der Waals surface area (Å²) in [5.41, 5.74) is 2.74. The number of benzene rings is 2. The maximum Gasteiger partial charge on any atom is 0.262 e. The molecule has 1 heterocycles. The lowest BCUT2D eigenvalue weighted by Gasteiger charge is -2.26. The molecule has 126 valence electrons. The van der Waals surface area contributed by atoms with Crippen LogP contribution in [-0.2, 0) is 21.2 Å². The number of hydrogen-bond acceptors (Lipinski definition) is 3. The molecule has 0 fully saturated rings. The van der Waals surface area contributed by atoms with Gasteiger partial charge in [0.2, 0.25) is 5.91 Å². The van der Waals surface area contributed by atoms with Crippen LogP contribution >= 0.6 is 11.6 Å². The molecule has 0 aliphatic carbocycles. The molecule has 2 aromatic carbocycles. The summed E-state index contributed by atoms with van der Waals surface area (Å²) in [4.78, 5) is 13.5. The molecule has 0 radical (unpaired) electrons. The van der Waals surface area contributed by atoms with Crippen LogP contribution in [0.2, 0.25) is 5.02 Å². The highest BCUT2D eigenvalue weighted by molar-refractivity contribution is 7.92. The van der Waals surface area contributed by atoms with Gasteiger partial charge in [0.15, 0.2) is 0 Å². The highest BCUT2D eigenvalue weighted by atomic mass is 35.5. The topological polar surface area (TPSA) is 66.5 Å². The summed E-state index contributed by atoms with van der Waals surface area (Å²) in [6.07, 6.45) is 1.03. The third-order valence-corrected chi connectivity index (χ3v) is 6.12. The summed E-state index contributed by atoms with van der Waals surface area (Å²) in [7, 11) is -2.01.